The summed E-state index contributed by atoms with van der Waals surface area (Å²) >= 11 is 2.00. The van der Waals surface area contributed by atoms with E-state index in [4.69, 9.17) is 0 Å². The van der Waals surface area contributed by atoms with Gasteiger partial charge in [-0.1, -0.05) is 0 Å². The van der Waals surface area contributed by atoms with Crippen LogP contribution in [-0.2, 0) is 4.79 Å². The summed E-state index contributed by atoms with van der Waals surface area (Å²) in [6.07, 6.45) is 4.41. The average molecular weight is 242 g/mol. The number of hydrogen-bond acceptors (Lipinski definition) is 3. The zero-order valence-corrected chi connectivity index (χ0v) is 10.9. The number of carbonyl (C=O) groups is 1. The Balaban J connectivity index is 1.85. The molecule has 2 fully saturated rings. The molecule has 16 heavy (non-hydrogen) atoms. The molecule has 92 valence electrons. The van der Waals surface area contributed by atoms with E-state index >= 15 is 0 Å². The van der Waals surface area contributed by atoms with Crippen LogP contribution in [0.3, 0.4) is 0 Å². The number of nitrogens with one attached hydrogen (secondary N) is 2. The molecule has 0 bridgehead atoms. The number of amides is 1. The summed E-state index contributed by atoms with van der Waals surface area (Å²) in [7, 11) is 0. The van der Waals surface area contributed by atoms with Gasteiger partial charge in [-0.3, -0.25) is 4.79 Å². The minimum atomic E-state index is -0.178. The van der Waals surface area contributed by atoms with Crippen molar-refractivity contribution in [3.05, 3.63) is 0 Å². The van der Waals surface area contributed by atoms with E-state index in [1.807, 2.05) is 11.8 Å². The summed E-state index contributed by atoms with van der Waals surface area (Å²) in [6, 6.07) is 0.424. The van der Waals surface area contributed by atoms with Crippen molar-refractivity contribution in [1.29, 1.82) is 0 Å². The molecule has 0 aromatic heterocycles. The topological polar surface area (TPSA) is 41.1 Å². The lowest BCUT2D eigenvalue weighted by Crippen LogP contribution is -2.51. The highest BCUT2D eigenvalue weighted by Crippen LogP contribution is 2.26. The van der Waals surface area contributed by atoms with Gasteiger partial charge in [0.05, 0.1) is 5.41 Å². The molecular weight excluding hydrogens is 220 g/mol. The van der Waals surface area contributed by atoms with Gasteiger partial charge in [-0.2, -0.15) is 11.8 Å². The van der Waals surface area contributed by atoms with E-state index in [1.54, 1.807) is 0 Å². The van der Waals surface area contributed by atoms with E-state index < -0.39 is 0 Å². The van der Waals surface area contributed by atoms with Crippen LogP contribution in [0.1, 0.15) is 32.6 Å². The lowest BCUT2D eigenvalue weighted by Gasteiger charge is -2.35. The molecule has 0 aliphatic carbocycles. The first kappa shape index (κ1) is 12.2. The highest BCUT2D eigenvalue weighted by atomic mass is 32.2. The average Bonchev–Trinajstić information content (AvgIpc) is 2.31. The van der Waals surface area contributed by atoms with E-state index in [2.05, 4.69) is 17.6 Å². The molecule has 2 aliphatic rings. The molecule has 2 aliphatic heterocycles. The van der Waals surface area contributed by atoms with Gasteiger partial charge in [0.15, 0.2) is 0 Å². The van der Waals surface area contributed by atoms with Crippen molar-refractivity contribution in [3.8, 4) is 0 Å². The zero-order valence-electron chi connectivity index (χ0n) is 10.1. The Hall–Kier alpha value is -0.220. The second kappa shape index (κ2) is 5.41. The Morgan fingerprint density at radius 3 is 2.81 bits per heavy atom. The van der Waals surface area contributed by atoms with Gasteiger partial charge in [0.2, 0.25) is 5.91 Å². The molecule has 1 atom stereocenters. The van der Waals surface area contributed by atoms with Gasteiger partial charge in [0, 0.05) is 12.6 Å². The van der Waals surface area contributed by atoms with Crippen molar-refractivity contribution < 1.29 is 4.79 Å². The van der Waals surface area contributed by atoms with Gasteiger partial charge in [-0.05, 0) is 50.7 Å². The van der Waals surface area contributed by atoms with Crippen LogP contribution >= 0.6 is 11.8 Å². The van der Waals surface area contributed by atoms with E-state index in [0.29, 0.717) is 6.04 Å². The van der Waals surface area contributed by atoms with Gasteiger partial charge in [-0.25, -0.2) is 0 Å². The van der Waals surface area contributed by atoms with Crippen molar-refractivity contribution in [2.45, 2.75) is 38.6 Å². The number of hydrogen-bond donors (Lipinski definition) is 2. The van der Waals surface area contributed by atoms with E-state index in [1.165, 1.54) is 11.5 Å². The van der Waals surface area contributed by atoms with Gasteiger partial charge in [-0.15, -0.1) is 0 Å². The first-order valence-corrected chi connectivity index (χ1v) is 7.46. The van der Waals surface area contributed by atoms with Crippen molar-refractivity contribution in [2.24, 2.45) is 5.41 Å². The summed E-state index contributed by atoms with van der Waals surface area (Å²) in [5.41, 5.74) is -0.178. The minimum absolute atomic E-state index is 0.178. The maximum Gasteiger partial charge on any atom is 0.227 e. The molecule has 0 aromatic carbocycles. The summed E-state index contributed by atoms with van der Waals surface area (Å²) in [5, 5.41) is 6.57. The summed E-state index contributed by atoms with van der Waals surface area (Å²) in [6.45, 7) is 3.98. The molecule has 0 radical (unpaired) electrons. The van der Waals surface area contributed by atoms with Crippen molar-refractivity contribution in [3.63, 3.8) is 0 Å². The molecule has 0 spiro atoms. The number of piperidine rings is 1. The maximum absolute atomic E-state index is 12.2. The van der Waals surface area contributed by atoms with Gasteiger partial charge < -0.3 is 10.6 Å². The third-order valence-electron chi connectivity index (χ3n) is 3.70. The van der Waals surface area contributed by atoms with Gasteiger partial charge >= 0.3 is 0 Å². The summed E-state index contributed by atoms with van der Waals surface area (Å²) in [5.74, 6) is 2.65. The van der Waals surface area contributed by atoms with Crippen molar-refractivity contribution in [1.82, 2.24) is 10.6 Å². The second-order valence-electron chi connectivity index (χ2n) is 5.20. The van der Waals surface area contributed by atoms with E-state index in [9.17, 15) is 4.79 Å². The number of thioether (sulfide) groups is 1. The van der Waals surface area contributed by atoms with Crippen LogP contribution in [0, 0.1) is 5.41 Å². The Bertz CT molecular complexity index is 245. The van der Waals surface area contributed by atoms with Crippen LogP contribution in [0.5, 0.6) is 0 Å². The Morgan fingerprint density at radius 2 is 2.19 bits per heavy atom. The summed E-state index contributed by atoms with van der Waals surface area (Å²) in [4.78, 5) is 12.2. The largest absolute Gasteiger partial charge is 0.353 e. The molecular formula is C12H22N2OS. The molecule has 1 unspecified atom stereocenters. The molecule has 2 rings (SSSR count). The Kier molecular flexibility index (Phi) is 4.14. The molecule has 2 saturated heterocycles. The fourth-order valence-electron chi connectivity index (χ4n) is 2.45. The Morgan fingerprint density at radius 1 is 1.44 bits per heavy atom. The highest BCUT2D eigenvalue weighted by Gasteiger charge is 2.35. The number of carbonyl (C=O) groups excluding carboxylic acids is 1. The monoisotopic (exact) mass is 242 g/mol. The molecule has 0 saturated carbocycles. The number of rotatable bonds is 2. The highest BCUT2D eigenvalue weighted by molar-refractivity contribution is 7.99. The van der Waals surface area contributed by atoms with E-state index in [0.717, 1.165) is 38.8 Å². The summed E-state index contributed by atoms with van der Waals surface area (Å²) < 4.78 is 0. The van der Waals surface area contributed by atoms with Crippen LogP contribution in [0.4, 0.5) is 0 Å². The van der Waals surface area contributed by atoms with Crippen LogP contribution in [-0.4, -0.2) is 36.5 Å². The van der Waals surface area contributed by atoms with Crippen LogP contribution < -0.4 is 10.6 Å². The molecule has 0 aromatic rings. The van der Waals surface area contributed by atoms with Crippen molar-refractivity contribution >= 4 is 17.7 Å². The zero-order chi connectivity index (χ0) is 11.4. The minimum Gasteiger partial charge on any atom is -0.353 e. The standard InChI is InChI=1S/C12H22N2OS/c1-12(5-2-6-13-9-12)11(15)14-10-3-7-16-8-4-10/h10,13H,2-9H2,1H3,(H,14,15). The van der Waals surface area contributed by atoms with Gasteiger partial charge in [0.25, 0.3) is 0 Å². The predicted molar refractivity (Wildman–Crippen MR) is 68.7 cm³/mol. The molecule has 4 heteroatoms. The molecule has 2 N–H and O–H groups in total. The fraction of sp³-hybridized carbons (Fsp3) is 0.917. The predicted octanol–water partition coefficient (Wildman–Crippen LogP) is 1.39. The Labute approximate surface area is 102 Å². The van der Waals surface area contributed by atoms with Crippen LogP contribution in [0.15, 0.2) is 0 Å². The quantitative estimate of drug-likeness (QED) is 0.769. The third kappa shape index (κ3) is 2.92. The normalized spacial score (nSPS) is 32.3. The first-order valence-electron chi connectivity index (χ1n) is 6.30. The smallest absolute Gasteiger partial charge is 0.227 e. The fourth-order valence-corrected chi connectivity index (χ4v) is 3.56. The van der Waals surface area contributed by atoms with Gasteiger partial charge in [0.1, 0.15) is 0 Å². The van der Waals surface area contributed by atoms with E-state index in [-0.39, 0.29) is 11.3 Å². The lowest BCUT2D eigenvalue weighted by atomic mass is 9.81. The van der Waals surface area contributed by atoms with Crippen LogP contribution in [0.25, 0.3) is 0 Å². The molecule has 1 amide bonds. The lowest BCUT2D eigenvalue weighted by molar-refractivity contribution is -0.131. The maximum atomic E-state index is 12.2. The second-order valence-corrected chi connectivity index (χ2v) is 6.43. The van der Waals surface area contributed by atoms with Crippen molar-refractivity contribution in [2.75, 3.05) is 24.6 Å². The third-order valence-corrected chi connectivity index (χ3v) is 4.75. The molecule has 2 heterocycles. The molecule has 3 nitrogen and oxygen atoms in total. The first-order chi connectivity index (χ1) is 7.71. The SMILES string of the molecule is CC1(C(=O)NC2CCSCC2)CCCNC1. The van der Waals surface area contributed by atoms with Crippen LogP contribution in [0.2, 0.25) is 0 Å².